The number of nitrogens with zero attached hydrogens (tertiary/aromatic N) is 5. The number of nitrogens with one attached hydrogen (secondary N) is 1. The average Bonchev–Trinajstić information content (AvgIpc) is 2.53. The van der Waals surface area contributed by atoms with Crippen LogP contribution < -0.4 is 5.32 Å². The number of anilines is 2. The van der Waals surface area contributed by atoms with E-state index in [1.165, 1.54) is 24.5 Å². The first-order chi connectivity index (χ1) is 11.8. The van der Waals surface area contributed by atoms with Crippen LogP contribution in [0.5, 0.6) is 0 Å². The predicted molar refractivity (Wildman–Crippen MR) is 81.5 cm³/mol. The lowest BCUT2D eigenvalue weighted by molar-refractivity contribution is -0.382. The van der Waals surface area contributed by atoms with Crippen molar-refractivity contribution in [2.75, 3.05) is 5.32 Å². The van der Waals surface area contributed by atoms with Crippen LogP contribution in [0, 0.1) is 10.1 Å². The van der Waals surface area contributed by atoms with E-state index in [4.69, 9.17) is 11.6 Å². The number of halogens is 4. The van der Waals surface area contributed by atoms with Gasteiger partial charge < -0.3 is 5.32 Å². The van der Waals surface area contributed by atoms with Gasteiger partial charge in [0.05, 0.1) is 10.4 Å². The molecular weight excluding hydrogens is 365 g/mol. The Labute approximate surface area is 141 Å². The van der Waals surface area contributed by atoms with Crippen LogP contribution in [-0.2, 0) is 6.18 Å². The largest absolute Gasteiger partial charge is 0.421 e. The van der Waals surface area contributed by atoms with Gasteiger partial charge in [-0.2, -0.15) is 18.2 Å². The summed E-state index contributed by atoms with van der Waals surface area (Å²) in [7, 11) is 0. The van der Waals surface area contributed by atoms with Crippen molar-refractivity contribution in [3.63, 3.8) is 0 Å². The van der Waals surface area contributed by atoms with Crippen molar-refractivity contribution < 1.29 is 18.1 Å². The summed E-state index contributed by atoms with van der Waals surface area (Å²) in [5.41, 5.74) is -1.85. The van der Waals surface area contributed by atoms with Crippen molar-refractivity contribution in [2.45, 2.75) is 6.18 Å². The summed E-state index contributed by atoms with van der Waals surface area (Å²) in [5.74, 6) is -0.709. The van der Waals surface area contributed by atoms with E-state index in [1.807, 2.05) is 0 Å². The van der Waals surface area contributed by atoms with Crippen LogP contribution >= 0.6 is 11.6 Å². The van der Waals surface area contributed by atoms with Gasteiger partial charge in [0.1, 0.15) is 17.1 Å². The summed E-state index contributed by atoms with van der Waals surface area (Å²) in [5, 5.41) is 13.2. The fourth-order valence-corrected chi connectivity index (χ4v) is 2.23. The Morgan fingerprint density at radius 2 is 1.88 bits per heavy atom. The van der Waals surface area contributed by atoms with E-state index in [-0.39, 0.29) is 16.7 Å². The molecule has 0 saturated carbocycles. The van der Waals surface area contributed by atoms with Crippen LogP contribution in [0.3, 0.4) is 0 Å². The molecule has 2 heterocycles. The van der Waals surface area contributed by atoms with Gasteiger partial charge in [-0.05, 0) is 23.7 Å². The third-order valence-electron chi connectivity index (χ3n) is 3.11. The Morgan fingerprint density at radius 3 is 2.56 bits per heavy atom. The second kappa shape index (κ2) is 6.09. The number of hydrogen-bond donors (Lipinski definition) is 1. The third kappa shape index (κ3) is 3.26. The molecule has 12 heteroatoms. The molecule has 128 valence electrons. The third-order valence-corrected chi connectivity index (χ3v) is 3.30. The van der Waals surface area contributed by atoms with Crippen molar-refractivity contribution in [3.05, 3.63) is 51.7 Å². The van der Waals surface area contributed by atoms with Crippen molar-refractivity contribution in [3.8, 4) is 0 Å². The Balaban J connectivity index is 2.18. The molecule has 0 aliphatic rings. The number of aromatic nitrogens is 4. The second-order valence-electron chi connectivity index (χ2n) is 4.67. The van der Waals surface area contributed by atoms with E-state index in [0.29, 0.717) is 6.20 Å². The fourth-order valence-electron chi connectivity index (χ4n) is 2.10. The molecule has 0 amide bonds. The van der Waals surface area contributed by atoms with Crippen LogP contribution in [0.2, 0.25) is 5.28 Å². The van der Waals surface area contributed by atoms with Crippen molar-refractivity contribution in [1.82, 2.24) is 19.9 Å². The van der Waals surface area contributed by atoms with Gasteiger partial charge in [-0.25, -0.2) is 9.97 Å². The van der Waals surface area contributed by atoms with Gasteiger partial charge >= 0.3 is 11.9 Å². The maximum atomic E-state index is 13.1. The van der Waals surface area contributed by atoms with E-state index in [9.17, 15) is 23.3 Å². The smallest absolute Gasteiger partial charge is 0.334 e. The van der Waals surface area contributed by atoms with E-state index < -0.39 is 33.5 Å². The zero-order valence-electron chi connectivity index (χ0n) is 12.0. The number of rotatable bonds is 3. The van der Waals surface area contributed by atoms with Crippen LogP contribution in [0.1, 0.15) is 5.56 Å². The standard InChI is InChI=1S/C13H6ClF3N6O2/c14-12-20-5-6(13(15,16)17)11(22-12)21-8-2-1-7-9(10(8)23(24)25)19-4-3-18-7/h1-5H,(H,20,21,22). The molecule has 3 aromatic rings. The zero-order chi connectivity index (χ0) is 18.2. The number of nitro groups is 1. The molecule has 25 heavy (non-hydrogen) atoms. The van der Waals surface area contributed by atoms with Gasteiger partial charge in [0.15, 0.2) is 5.52 Å². The molecular formula is C13H6ClF3N6O2. The summed E-state index contributed by atoms with van der Waals surface area (Å²) >= 11 is 5.54. The SMILES string of the molecule is O=[N+]([O-])c1c(Nc2nc(Cl)ncc2C(F)(F)F)ccc2nccnc12. The second-order valence-corrected chi connectivity index (χ2v) is 5.01. The first-order valence-corrected chi connectivity index (χ1v) is 6.90. The molecule has 0 bridgehead atoms. The number of fused-ring (bicyclic) bond motifs is 1. The Morgan fingerprint density at radius 1 is 1.16 bits per heavy atom. The molecule has 0 unspecified atom stereocenters. The lowest BCUT2D eigenvalue weighted by Crippen LogP contribution is -2.12. The predicted octanol–water partition coefficient (Wildman–Crippen LogP) is 3.74. The normalized spacial score (nSPS) is 11.5. The van der Waals surface area contributed by atoms with Crippen LogP contribution in [0.15, 0.2) is 30.7 Å². The van der Waals surface area contributed by atoms with Gasteiger partial charge in [-0.15, -0.1) is 0 Å². The van der Waals surface area contributed by atoms with Crippen molar-refractivity contribution in [2.24, 2.45) is 0 Å². The van der Waals surface area contributed by atoms with Crippen LogP contribution in [0.25, 0.3) is 11.0 Å². The molecule has 0 saturated heterocycles. The highest BCUT2D eigenvalue weighted by atomic mass is 35.5. The lowest BCUT2D eigenvalue weighted by atomic mass is 10.2. The summed E-state index contributed by atoms with van der Waals surface area (Å²) in [6.07, 6.45) is -1.71. The highest BCUT2D eigenvalue weighted by molar-refractivity contribution is 6.28. The molecule has 8 nitrogen and oxygen atoms in total. The summed E-state index contributed by atoms with van der Waals surface area (Å²) in [6, 6.07) is 2.60. The summed E-state index contributed by atoms with van der Waals surface area (Å²) in [6.45, 7) is 0. The van der Waals surface area contributed by atoms with E-state index >= 15 is 0 Å². The minimum atomic E-state index is -4.78. The highest BCUT2D eigenvalue weighted by Gasteiger charge is 2.36. The summed E-state index contributed by atoms with van der Waals surface area (Å²) < 4.78 is 39.2. The van der Waals surface area contributed by atoms with Gasteiger partial charge in [0.25, 0.3) is 0 Å². The van der Waals surface area contributed by atoms with Crippen molar-refractivity contribution >= 4 is 39.8 Å². The molecule has 0 aliphatic carbocycles. The van der Waals surface area contributed by atoms with Gasteiger partial charge in [-0.1, -0.05) is 0 Å². The van der Waals surface area contributed by atoms with Gasteiger partial charge in [-0.3, -0.25) is 15.1 Å². The van der Waals surface area contributed by atoms with Crippen LogP contribution in [0.4, 0.5) is 30.4 Å². The Hall–Kier alpha value is -3.08. The van der Waals surface area contributed by atoms with Crippen molar-refractivity contribution in [1.29, 1.82) is 0 Å². The van der Waals surface area contributed by atoms with E-state index in [1.54, 1.807) is 0 Å². The topological polar surface area (TPSA) is 107 Å². The first kappa shape index (κ1) is 16.8. The molecule has 0 fully saturated rings. The minimum Gasteiger partial charge on any atom is -0.334 e. The lowest BCUT2D eigenvalue weighted by Gasteiger charge is -2.13. The molecule has 1 N–H and O–H groups in total. The highest BCUT2D eigenvalue weighted by Crippen LogP contribution is 2.38. The van der Waals surface area contributed by atoms with Crippen LogP contribution in [-0.4, -0.2) is 24.9 Å². The monoisotopic (exact) mass is 370 g/mol. The first-order valence-electron chi connectivity index (χ1n) is 6.52. The fraction of sp³-hybridized carbons (Fsp3) is 0.0769. The number of nitro benzene ring substituents is 1. The molecule has 0 spiro atoms. The quantitative estimate of drug-likeness (QED) is 0.425. The molecule has 0 atom stereocenters. The minimum absolute atomic E-state index is 0.0776. The molecule has 3 rings (SSSR count). The maximum absolute atomic E-state index is 13.1. The maximum Gasteiger partial charge on any atom is 0.421 e. The number of benzene rings is 1. The van der Waals surface area contributed by atoms with E-state index in [2.05, 4.69) is 25.3 Å². The Kier molecular flexibility index (Phi) is 4.08. The Bertz CT molecular complexity index is 982. The number of hydrogen-bond acceptors (Lipinski definition) is 7. The average molecular weight is 371 g/mol. The van der Waals surface area contributed by atoms with E-state index in [0.717, 1.165) is 0 Å². The molecule has 0 radical (unpaired) electrons. The zero-order valence-corrected chi connectivity index (χ0v) is 12.7. The van der Waals surface area contributed by atoms with Gasteiger partial charge in [0.2, 0.25) is 5.28 Å². The molecule has 2 aromatic heterocycles. The number of alkyl halides is 3. The summed E-state index contributed by atoms with van der Waals surface area (Å²) in [4.78, 5) is 25.2. The molecule has 0 aliphatic heterocycles. The van der Waals surface area contributed by atoms with Gasteiger partial charge in [0, 0.05) is 18.6 Å². The molecule has 1 aromatic carbocycles.